The molecule has 0 bridgehead atoms. The van der Waals surface area contributed by atoms with Crippen molar-refractivity contribution in [1.82, 2.24) is 9.88 Å². The highest BCUT2D eigenvalue weighted by molar-refractivity contribution is 8.14. The molecule has 1 N–H and O–H groups in total. The number of hydrogen-bond acceptors (Lipinski definition) is 4. The van der Waals surface area contributed by atoms with Crippen LogP contribution in [0.15, 0.2) is 70.5 Å². The van der Waals surface area contributed by atoms with Gasteiger partial charge in [0.25, 0.3) is 5.91 Å². The molecular formula is C21H19N3O2S. The molecule has 5 nitrogen and oxygen atoms in total. The van der Waals surface area contributed by atoms with Gasteiger partial charge in [-0.15, -0.1) is 0 Å². The van der Waals surface area contributed by atoms with Crippen molar-refractivity contribution in [3.8, 4) is 0 Å². The lowest BCUT2D eigenvalue weighted by molar-refractivity contribution is 0.0860. The van der Waals surface area contributed by atoms with E-state index in [1.54, 1.807) is 22.7 Å². The van der Waals surface area contributed by atoms with Gasteiger partial charge in [0.1, 0.15) is 0 Å². The van der Waals surface area contributed by atoms with Crippen LogP contribution in [0.3, 0.4) is 0 Å². The Balaban J connectivity index is 1.70. The number of nitrogens with zero attached hydrogens (tertiary/aromatic N) is 2. The number of carbonyl (C=O) groups is 1. The first-order valence-corrected chi connectivity index (χ1v) is 9.81. The number of H-pyrrole nitrogens is 1. The number of benzene rings is 2. The van der Waals surface area contributed by atoms with E-state index in [0.717, 1.165) is 16.7 Å². The number of aromatic amines is 1. The Kier molecular flexibility index (Phi) is 4.81. The lowest BCUT2D eigenvalue weighted by Crippen LogP contribution is -2.33. The second-order valence-electron chi connectivity index (χ2n) is 6.40. The molecule has 0 saturated carbocycles. The molecule has 0 radical (unpaired) electrons. The smallest absolute Gasteiger partial charge is 0.260 e. The fourth-order valence-corrected chi connectivity index (χ4v) is 4.22. The van der Waals surface area contributed by atoms with Gasteiger partial charge in [0.05, 0.1) is 11.6 Å². The van der Waals surface area contributed by atoms with Crippen LogP contribution in [-0.4, -0.2) is 33.3 Å². The number of amidine groups is 1. The molecule has 4 rings (SSSR count). The summed E-state index contributed by atoms with van der Waals surface area (Å²) in [5.74, 6) is 0.619. The minimum atomic E-state index is -0.278. The Hall–Kier alpha value is -2.86. The quantitative estimate of drug-likeness (QED) is 0.754. The number of aliphatic imine (C=N–C) groups is 1. The zero-order valence-corrected chi connectivity index (χ0v) is 15.7. The summed E-state index contributed by atoms with van der Waals surface area (Å²) >= 11 is 1.58. The largest absolute Gasteiger partial charge is 0.322 e. The molecule has 3 aromatic rings. The molecule has 1 amide bonds. The molecular weight excluding hydrogens is 358 g/mol. The number of amides is 1. The zero-order valence-electron chi connectivity index (χ0n) is 14.9. The molecule has 0 aliphatic carbocycles. The number of carbonyl (C=O) groups excluding carboxylic acids is 1. The number of thioether (sulfide) groups is 1. The summed E-state index contributed by atoms with van der Waals surface area (Å²) in [5, 5.41) is 1.45. The van der Waals surface area contributed by atoms with Gasteiger partial charge in [0.15, 0.2) is 5.17 Å². The van der Waals surface area contributed by atoms with E-state index in [-0.39, 0.29) is 17.5 Å². The van der Waals surface area contributed by atoms with Crippen molar-refractivity contribution in [2.75, 3.05) is 12.3 Å². The molecule has 2 heterocycles. The maximum absolute atomic E-state index is 13.2. The standard InChI is InChI=1S/C21H19N3O2S/c1-14(15-7-3-2-4-8-15)22-21-24(11-12-27-21)20(26)17-13-19(25)23-18-10-6-5-9-16(17)18/h2-10,13-14H,11-12H2,1H3,(H,23,25). The van der Waals surface area contributed by atoms with E-state index in [1.165, 1.54) is 6.07 Å². The lowest BCUT2D eigenvalue weighted by Gasteiger charge is -2.18. The van der Waals surface area contributed by atoms with Crippen LogP contribution in [-0.2, 0) is 0 Å². The molecule has 1 fully saturated rings. The topological polar surface area (TPSA) is 65.5 Å². The summed E-state index contributed by atoms with van der Waals surface area (Å²) in [7, 11) is 0. The third kappa shape index (κ3) is 3.53. The summed E-state index contributed by atoms with van der Waals surface area (Å²) < 4.78 is 0. The summed E-state index contributed by atoms with van der Waals surface area (Å²) in [4.78, 5) is 34.5. The van der Waals surface area contributed by atoms with Crippen LogP contribution < -0.4 is 5.56 Å². The van der Waals surface area contributed by atoms with Crippen molar-refractivity contribution in [3.63, 3.8) is 0 Å². The molecule has 1 aromatic heterocycles. The second-order valence-corrected chi connectivity index (χ2v) is 7.46. The van der Waals surface area contributed by atoms with Crippen LogP contribution in [0.5, 0.6) is 0 Å². The summed E-state index contributed by atoms with van der Waals surface area (Å²) in [6.07, 6.45) is 0. The van der Waals surface area contributed by atoms with E-state index in [4.69, 9.17) is 4.99 Å². The van der Waals surface area contributed by atoms with Gasteiger partial charge in [-0.1, -0.05) is 60.3 Å². The molecule has 2 aromatic carbocycles. The van der Waals surface area contributed by atoms with Crippen LogP contribution in [0.25, 0.3) is 10.9 Å². The highest BCUT2D eigenvalue weighted by Gasteiger charge is 2.28. The average molecular weight is 377 g/mol. The normalized spacial score (nSPS) is 16.8. The molecule has 1 aliphatic rings. The molecule has 1 atom stereocenters. The fourth-order valence-electron chi connectivity index (χ4n) is 3.20. The Morgan fingerprint density at radius 1 is 1.15 bits per heavy atom. The summed E-state index contributed by atoms with van der Waals surface area (Å²) in [6.45, 7) is 2.61. The predicted octanol–water partition coefficient (Wildman–Crippen LogP) is 3.83. The van der Waals surface area contributed by atoms with Gasteiger partial charge in [0.2, 0.25) is 5.56 Å². The molecule has 27 heavy (non-hydrogen) atoms. The Bertz CT molecular complexity index is 1080. The van der Waals surface area contributed by atoms with Crippen LogP contribution in [0.1, 0.15) is 28.9 Å². The maximum atomic E-state index is 13.2. The monoisotopic (exact) mass is 377 g/mol. The number of para-hydroxylation sites is 1. The van der Waals surface area contributed by atoms with Crippen LogP contribution in [0.2, 0.25) is 0 Å². The highest BCUT2D eigenvalue weighted by Crippen LogP contribution is 2.26. The van der Waals surface area contributed by atoms with Gasteiger partial charge < -0.3 is 4.98 Å². The number of pyridine rings is 1. The third-order valence-corrected chi connectivity index (χ3v) is 5.56. The molecule has 6 heteroatoms. The lowest BCUT2D eigenvalue weighted by atomic mass is 10.1. The van der Waals surface area contributed by atoms with Crippen LogP contribution in [0, 0.1) is 0 Å². The van der Waals surface area contributed by atoms with E-state index >= 15 is 0 Å². The first-order valence-electron chi connectivity index (χ1n) is 8.83. The molecule has 1 saturated heterocycles. The van der Waals surface area contributed by atoms with Crippen molar-refractivity contribution < 1.29 is 4.79 Å². The van der Waals surface area contributed by atoms with Gasteiger partial charge in [-0.3, -0.25) is 19.5 Å². The van der Waals surface area contributed by atoms with Crippen molar-refractivity contribution >= 4 is 33.7 Å². The maximum Gasteiger partial charge on any atom is 0.260 e. The number of rotatable bonds is 3. The average Bonchev–Trinajstić information content (AvgIpc) is 3.15. The number of aromatic nitrogens is 1. The molecule has 1 unspecified atom stereocenters. The van der Waals surface area contributed by atoms with Gasteiger partial charge >= 0.3 is 0 Å². The molecule has 1 aliphatic heterocycles. The minimum Gasteiger partial charge on any atom is -0.322 e. The van der Waals surface area contributed by atoms with Crippen LogP contribution in [0.4, 0.5) is 0 Å². The van der Waals surface area contributed by atoms with E-state index in [9.17, 15) is 9.59 Å². The van der Waals surface area contributed by atoms with Crippen molar-refractivity contribution in [2.45, 2.75) is 13.0 Å². The summed E-state index contributed by atoms with van der Waals surface area (Å²) in [5.41, 5.74) is 1.90. The zero-order chi connectivity index (χ0) is 18.8. The van der Waals surface area contributed by atoms with Gasteiger partial charge in [-0.2, -0.15) is 0 Å². The SMILES string of the molecule is CC(N=C1SCCN1C(=O)c1cc(=O)[nH]c2ccccc12)c1ccccc1. The number of fused-ring (bicyclic) bond motifs is 1. The number of hydrogen-bond donors (Lipinski definition) is 1. The predicted molar refractivity (Wildman–Crippen MR) is 110 cm³/mol. The highest BCUT2D eigenvalue weighted by atomic mass is 32.2. The molecule has 136 valence electrons. The van der Waals surface area contributed by atoms with E-state index in [0.29, 0.717) is 22.8 Å². The van der Waals surface area contributed by atoms with Crippen LogP contribution >= 0.6 is 11.8 Å². The second kappa shape index (κ2) is 7.40. The fraction of sp³-hybridized carbons (Fsp3) is 0.190. The minimum absolute atomic E-state index is 0.0435. The van der Waals surface area contributed by atoms with Gasteiger partial charge in [-0.25, -0.2) is 0 Å². The van der Waals surface area contributed by atoms with Gasteiger partial charge in [0, 0.05) is 29.3 Å². The van der Waals surface area contributed by atoms with Crippen molar-refractivity contribution in [2.24, 2.45) is 4.99 Å². The Morgan fingerprint density at radius 3 is 2.70 bits per heavy atom. The van der Waals surface area contributed by atoms with E-state index in [2.05, 4.69) is 4.98 Å². The van der Waals surface area contributed by atoms with Crippen molar-refractivity contribution in [3.05, 3.63) is 82.1 Å². The summed E-state index contributed by atoms with van der Waals surface area (Å²) in [6, 6.07) is 18.7. The van der Waals surface area contributed by atoms with E-state index in [1.807, 2.05) is 55.5 Å². The van der Waals surface area contributed by atoms with Gasteiger partial charge in [-0.05, 0) is 18.6 Å². The Morgan fingerprint density at radius 2 is 1.89 bits per heavy atom. The third-order valence-electron chi connectivity index (χ3n) is 4.59. The first-order chi connectivity index (χ1) is 13.1. The van der Waals surface area contributed by atoms with Crippen molar-refractivity contribution in [1.29, 1.82) is 0 Å². The molecule has 0 spiro atoms. The first kappa shape index (κ1) is 17.5. The van der Waals surface area contributed by atoms with E-state index < -0.39 is 0 Å². The Labute approximate surface area is 161 Å². The number of nitrogens with one attached hydrogen (secondary N) is 1.